The van der Waals surface area contributed by atoms with Gasteiger partial charge in [-0.15, -0.1) is 0 Å². The first-order valence-corrected chi connectivity index (χ1v) is 13.1. The van der Waals surface area contributed by atoms with Gasteiger partial charge in [0.05, 0.1) is 12.6 Å². The maximum Gasteiger partial charge on any atom is 0.348 e. The quantitative estimate of drug-likeness (QED) is 0.264. The molecule has 1 heterocycles. The number of ether oxygens (including phenoxy) is 2. The number of benzene rings is 4. The van der Waals surface area contributed by atoms with Crippen molar-refractivity contribution in [3.8, 4) is 11.5 Å². The maximum absolute atomic E-state index is 12.5. The molecule has 0 saturated carbocycles. The van der Waals surface area contributed by atoms with Crippen LogP contribution in [0, 0.1) is 0 Å². The summed E-state index contributed by atoms with van der Waals surface area (Å²) in [5.74, 6) is 0.175. The van der Waals surface area contributed by atoms with Crippen LogP contribution in [0.2, 0.25) is 0 Å². The second kappa shape index (κ2) is 11.5. The lowest BCUT2D eigenvalue weighted by Crippen LogP contribution is -2.43. The molecule has 7 nitrogen and oxygen atoms in total. The van der Waals surface area contributed by atoms with Gasteiger partial charge >= 0.3 is 12.0 Å². The van der Waals surface area contributed by atoms with Gasteiger partial charge in [0.15, 0.2) is 0 Å². The van der Waals surface area contributed by atoms with Crippen molar-refractivity contribution in [2.24, 2.45) is 0 Å². The van der Waals surface area contributed by atoms with Crippen molar-refractivity contribution in [1.82, 2.24) is 10.2 Å². The largest absolute Gasteiger partial charge is 0.494 e. The van der Waals surface area contributed by atoms with Crippen molar-refractivity contribution in [1.29, 1.82) is 0 Å². The highest BCUT2D eigenvalue weighted by Gasteiger charge is 2.36. The van der Waals surface area contributed by atoms with Gasteiger partial charge < -0.3 is 24.8 Å². The van der Waals surface area contributed by atoms with E-state index < -0.39 is 11.6 Å². The number of carboxylic acid groups (broad SMARTS) is 1. The van der Waals surface area contributed by atoms with Crippen molar-refractivity contribution in [3.05, 3.63) is 108 Å². The van der Waals surface area contributed by atoms with Crippen LogP contribution in [0.5, 0.6) is 11.5 Å². The van der Waals surface area contributed by atoms with Gasteiger partial charge in [0.1, 0.15) is 11.5 Å². The zero-order valence-corrected chi connectivity index (χ0v) is 21.9. The average Bonchev–Trinajstić information content (AvgIpc) is 3.28. The number of nitrogens with one attached hydrogen (secondary N) is 1. The number of hydrogen-bond acceptors (Lipinski definition) is 4. The van der Waals surface area contributed by atoms with Crippen molar-refractivity contribution >= 4 is 22.8 Å². The number of carboxylic acids is 1. The Kier molecular flexibility index (Phi) is 7.68. The van der Waals surface area contributed by atoms with Gasteiger partial charge in [0.25, 0.3) is 0 Å². The van der Waals surface area contributed by atoms with Crippen LogP contribution >= 0.6 is 0 Å². The van der Waals surface area contributed by atoms with Gasteiger partial charge in [0, 0.05) is 25.9 Å². The first-order valence-electron chi connectivity index (χ1n) is 13.1. The Morgan fingerprint density at radius 3 is 2.36 bits per heavy atom. The average molecular weight is 525 g/mol. The van der Waals surface area contributed by atoms with Crippen LogP contribution in [0.15, 0.2) is 97.1 Å². The van der Waals surface area contributed by atoms with E-state index in [9.17, 15) is 14.7 Å². The van der Waals surface area contributed by atoms with Gasteiger partial charge in [-0.2, -0.15) is 0 Å². The molecule has 2 amide bonds. The highest BCUT2D eigenvalue weighted by atomic mass is 16.5. The second-order valence-electron chi connectivity index (χ2n) is 10.1. The minimum atomic E-state index is -1.40. The number of amides is 2. The third-order valence-electron chi connectivity index (χ3n) is 6.98. The van der Waals surface area contributed by atoms with Crippen LogP contribution in [-0.2, 0) is 17.8 Å². The molecule has 5 rings (SSSR count). The summed E-state index contributed by atoms with van der Waals surface area (Å²) in [6.45, 7) is 3.23. The van der Waals surface area contributed by atoms with E-state index in [2.05, 4.69) is 35.6 Å². The monoisotopic (exact) mass is 524 g/mol. The van der Waals surface area contributed by atoms with E-state index >= 15 is 0 Å². The Hall–Kier alpha value is -4.52. The van der Waals surface area contributed by atoms with Crippen LogP contribution in [0.25, 0.3) is 10.8 Å². The number of carbonyl (C=O) groups excluding carboxylic acids is 1. The molecule has 1 aliphatic heterocycles. The van der Waals surface area contributed by atoms with Crippen molar-refractivity contribution in [2.75, 3.05) is 13.2 Å². The predicted octanol–water partition coefficient (Wildman–Crippen LogP) is 5.67. The first kappa shape index (κ1) is 26.1. The van der Waals surface area contributed by atoms with Gasteiger partial charge in [-0.3, -0.25) is 0 Å². The lowest BCUT2D eigenvalue weighted by molar-refractivity contribution is -0.153. The Labute approximate surface area is 228 Å². The normalized spacial score (nSPS) is 16.5. The van der Waals surface area contributed by atoms with E-state index in [1.165, 1.54) is 10.8 Å². The molecule has 0 radical (unpaired) electrons. The van der Waals surface area contributed by atoms with Crippen LogP contribution < -0.4 is 14.8 Å². The molecular weight excluding hydrogens is 492 g/mol. The van der Waals surface area contributed by atoms with Gasteiger partial charge in [-0.05, 0) is 59.2 Å². The molecule has 1 aliphatic rings. The number of carbonyl (C=O) groups is 2. The fraction of sp³-hybridized carbons (Fsp3) is 0.250. The molecule has 4 aromatic rings. The van der Waals surface area contributed by atoms with E-state index in [4.69, 9.17) is 9.47 Å². The number of nitrogens with zero attached hydrogens (tertiary/aromatic N) is 1. The Bertz CT molecular complexity index is 1440. The molecule has 1 fully saturated rings. The summed E-state index contributed by atoms with van der Waals surface area (Å²) >= 11 is 0. The highest BCUT2D eigenvalue weighted by Crippen LogP contribution is 2.24. The molecular formula is C32H32N2O5. The third kappa shape index (κ3) is 6.49. The molecule has 1 saturated heterocycles. The number of fused-ring (bicyclic) bond motifs is 1. The van der Waals surface area contributed by atoms with E-state index in [0.29, 0.717) is 37.6 Å². The Morgan fingerprint density at radius 2 is 1.62 bits per heavy atom. The van der Waals surface area contributed by atoms with Crippen molar-refractivity contribution in [3.63, 3.8) is 0 Å². The molecule has 4 aromatic carbocycles. The van der Waals surface area contributed by atoms with Gasteiger partial charge in [0.2, 0.25) is 5.60 Å². The number of hydrogen-bond donors (Lipinski definition) is 2. The SMILES string of the molecule is C[C@@](Cc1ccc(OCC[C@H]2CN(Cc3ccc4ccccc4c3)C(=O)N2)cc1)(Oc1ccccc1)C(=O)O. The fourth-order valence-electron chi connectivity index (χ4n) is 4.83. The van der Waals surface area contributed by atoms with Crippen molar-refractivity contribution < 1.29 is 24.2 Å². The molecule has 0 aromatic heterocycles. The topological polar surface area (TPSA) is 88.1 Å². The standard InChI is InChI=1S/C32H32N2O5/c1-32(30(35)36,39-29-9-3-2-4-10-29)20-23-12-15-28(16-13-23)38-18-17-27-22-34(31(37)33-27)21-24-11-14-25-7-5-6-8-26(25)19-24/h2-16,19,27H,17-18,20-22H2,1H3,(H,33,37)(H,35,36)/t27-,32-/m0/s1. The maximum atomic E-state index is 12.5. The van der Waals surface area contributed by atoms with Crippen LogP contribution in [0.3, 0.4) is 0 Å². The molecule has 200 valence electrons. The van der Waals surface area contributed by atoms with Crippen LogP contribution in [0.1, 0.15) is 24.5 Å². The molecule has 7 heteroatoms. The summed E-state index contributed by atoms with van der Waals surface area (Å²) < 4.78 is 11.7. The summed E-state index contributed by atoms with van der Waals surface area (Å²) in [6, 6.07) is 30.8. The van der Waals surface area contributed by atoms with Crippen LogP contribution in [-0.4, -0.2) is 46.8 Å². The van der Waals surface area contributed by atoms with Crippen molar-refractivity contribution in [2.45, 2.75) is 38.0 Å². The predicted molar refractivity (Wildman–Crippen MR) is 150 cm³/mol. The molecule has 0 spiro atoms. The Morgan fingerprint density at radius 1 is 0.923 bits per heavy atom. The number of aliphatic carboxylic acids is 1. The van der Waals surface area contributed by atoms with Gasteiger partial charge in [-0.25, -0.2) is 9.59 Å². The van der Waals surface area contributed by atoms with Gasteiger partial charge in [-0.1, -0.05) is 66.7 Å². The summed E-state index contributed by atoms with van der Waals surface area (Å²) in [6.07, 6.45) is 0.891. The smallest absolute Gasteiger partial charge is 0.348 e. The number of para-hydroxylation sites is 1. The minimum absolute atomic E-state index is 0.0173. The molecule has 0 aliphatic carbocycles. The zero-order chi connectivity index (χ0) is 27.2. The van der Waals surface area contributed by atoms with E-state index in [0.717, 1.165) is 11.1 Å². The Balaban J connectivity index is 1.10. The first-order chi connectivity index (χ1) is 18.9. The molecule has 39 heavy (non-hydrogen) atoms. The molecule has 2 atom stereocenters. The lowest BCUT2D eigenvalue weighted by atomic mass is 9.96. The number of urea groups is 1. The van der Waals surface area contributed by atoms with E-state index in [-0.39, 0.29) is 18.5 Å². The molecule has 0 unspecified atom stereocenters. The lowest BCUT2D eigenvalue weighted by Gasteiger charge is -2.26. The molecule has 2 N–H and O–H groups in total. The summed E-state index contributed by atoms with van der Waals surface area (Å²) in [5.41, 5.74) is 0.535. The molecule has 0 bridgehead atoms. The third-order valence-corrected chi connectivity index (χ3v) is 6.98. The number of rotatable bonds is 11. The summed E-state index contributed by atoms with van der Waals surface area (Å²) in [7, 11) is 0. The summed E-state index contributed by atoms with van der Waals surface area (Å²) in [4.78, 5) is 26.3. The zero-order valence-electron chi connectivity index (χ0n) is 21.9. The highest BCUT2D eigenvalue weighted by molar-refractivity contribution is 5.83. The van der Waals surface area contributed by atoms with E-state index in [1.54, 1.807) is 19.1 Å². The van der Waals surface area contributed by atoms with Crippen LogP contribution in [0.4, 0.5) is 4.79 Å². The second-order valence-corrected chi connectivity index (χ2v) is 10.1. The summed E-state index contributed by atoms with van der Waals surface area (Å²) in [5, 5.41) is 15.2. The van der Waals surface area contributed by atoms with E-state index in [1.807, 2.05) is 59.5 Å². The minimum Gasteiger partial charge on any atom is -0.494 e. The fourth-order valence-corrected chi connectivity index (χ4v) is 4.83.